The predicted octanol–water partition coefficient (Wildman–Crippen LogP) is 1.58. The van der Waals surface area contributed by atoms with E-state index >= 15 is 0 Å². The molecule has 0 aromatic heterocycles. The van der Waals surface area contributed by atoms with Gasteiger partial charge in [0.15, 0.2) is 0 Å². The average molecular weight is 160 g/mol. The molecule has 2 heteroatoms. The van der Waals surface area contributed by atoms with Crippen molar-refractivity contribution in [3.8, 4) is 0 Å². The molecule has 0 radical (unpaired) electrons. The van der Waals surface area contributed by atoms with Crippen molar-refractivity contribution in [2.45, 2.75) is 27.2 Å². The molecular weight excluding hydrogens is 140 g/mol. The fraction of sp³-hybridized carbons (Fsp3) is 0.778. The zero-order valence-corrected chi connectivity index (χ0v) is 7.80. The highest BCUT2D eigenvalue weighted by Gasteiger charge is 2.04. The van der Waals surface area contributed by atoms with Gasteiger partial charge in [0, 0.05) is 0 Å². The number of rotatable bonds is 2. The van der Waals surface area contributed by atoms with E-state index in [0.29, 0.717) is 5.41 Å². The van der Waals surface area contributed by atoms with Crippen molar-refractivity contribution >= 4 is 0 Å². The Morgan fingerprint density at radius 2 is 1.55 bits per heavy atom. The number of aliphatic hydroxyl groups is 2. The second-order valence-electron chi connectivity index (χ2n) is 3.50. The van der Waals surface area contributed by atoms with Gasteiger partial charge in [0.1, 0.15) is 0 Å². The zero-order valence-electron chi connectivity index (χ0n) is 7.80. The van der Waals surface area contributed by atoms with Gasteiger partial charge >= 0.3 is 0 Å². The molecule has 2 N–H and O–H groups in total. The van der Waals surface area contributed by atoms with Crippen LogP contribution in [0.3, 0.4) is 0 Å². The maximum Gasteiger partial charge on any atom is 0.0662 e. The Labute approximate surface area is 69.6 Å². The molecule has 0 fully saturated rings. The molecule has 0 heterocycles. The van der Waals surface area contributed by atoms with Gasteiger partial charge in [-0.05, 0) is 11.8 Å². The molecule has 0 saturated heterocycles. The molecule has 0 aliphatic heterocycles. The summed E-state index contributed by atoms with van der Waals surface area (Å²) in [5.74, 6) is 0. The maximum atomic E-state index is 7.62. The highest BCUT2D eigenvalue weighted by atomic mass is 16.3. The Hall–Kier alpha value is -0.340. The SMILES string of the molecule is C=CCC(C)(C)C.OCCO. The summed E-state index contributed by atoms with van der Waals surface area (Å²) in [4.78, 5) is 0. The van der Waals surface area contributed by atoms with Crippen LogP contribution in [0.25, 0.3) is 0 Å². The van der Waals surface area contributed by atoms with Crippen molar-refractivity contribution in [2.24, 2.45) is 5.41 Å². The molecule has 0 amide bonds. The van der Waals surface area contributed by atoms with Crippen LogP contribution in [0.2, 0.25) is 0 Å². The van der Waals surface area contributed by atoms with E-state index in [1.165, 1.54) is 0 Å². The van der Waals surface area contributed by atoms with Gasteiger partial charge in [-0.15, -0.1) is 6.58 Å². The zero-order chi connectivity index (χ0) is 9.33. The van der Waals surface area contributed by atoms with Crippen LogP contribution in [0, 0.1) is 5.41 Å². The van der Waals surface area contributed by atoms with Crippen LogP contribution in [0.4, 0.5) is 0 Å². The minimum Gasteiger partial charge on any atom is -0.394 e. The lowest BCUT2D eigenvalue weighted by Crippen LogP contribution is -2.01. The molecule has 0 saturated carbocycles. The molecule has 0 aromatic rings. The molecule has 11 heavy (non-hydrogen) atoms. The molecule has 0 rings (SSSR count). The third kappa shape index (κ3) is 26.1. The summed E-state index contributed by atoms with van der Waals surface area (Å²) in [5.41, 5.74) is 0.432. The second-order valence-corrected chi connectivity index (χ2v) is 3.50. The molecule has 0 spiro atoms. The quantitative estimate of drug-likeness (QED) is 0.602. The third-order valence-corrected chi connectivity index (χ3v) is 0.857. The van der Waals surface area contributed by atoms with Crippen LogP contribution < -0.4 is 0 Å². The van der Waals surface area contributed by atoms with E-state index in [4.69, 9.17) is 10.2 Å². The Morgan fingerprint density at radius 1 is 1.18 bits per heavy atom. The van der Waals surface area contributed by atoms with Crippen molar-refractivity contribution in [2.75, 3.05) is 13.2 Å². The smallest absolute Gasteiger partial charge is 0.0662 e. The first kappa shape index (κ1) is 13.3. The van der Waals surface area contributed by atoms with Crippen LogP contribution >= 0.6 is 0 Å². The molecule has 0 aromatic carbocycles. The Balaban J connectivity index is 0. The molecule has 0 atom stereocenters. The summed E-state index contributed by atoms with van der Waals surface area (Å²) in [5, 5.41) is 15.2. The normalized spacial score (nSPS) is 9.91. The highest BCUT2D eigenvalue weighted by Crippen LogP contribution is 2.17. The summed E-state index contributed by atoms with van der Waals surface area (Å²) in [6.45, 7) is 10.0. The summed E-state index contributed by atoms with van der Waals surface area (Å²) in [6.07, 6.45) is 3.06. The van der Waals surface area contributed by atoms with Crippen LogP contribution in [0.5, 0.6) is 0 Å². The van der Waals surface area contributed by atoms with Gasteiger partial charge in [0.05, 0.1) is 13.2 Å². The van der Waals surface area contributed by atoms with Crippen LogP contribution in [0.15, 0.2) is 12.7 Å². The van der Waals surface area contributed by atoms with Crippen LogP contribution in [-0.4, -0.2) is 23.4 Å². The van der Waals surface area contributed by atoms with E-state index in [1.54, 1.807) is 0 Å². The summed E-state index contributed by atoms with van der Waals surface area (Å²) < 4.78 is 0. The standard InChI is InChI=1S/C7H14.C2H6O2/c1-5-6-7(2,3)4;3-1-2-4/h5H,1,6H2,2-4H3;3-4H,1-2H2. The van der Waals surface area contributed by atoms with Crippen molar-refractivity contribution in [1.29, 1.82) is 0 Å². The molecule has 0 aliphatic rings. The summed E-state index contributed by atoms with van der Waals surface area (Å²) in [6, 6.07) is 0. The third-order valence-electron chi connectivity index (χ3n) is 0.857. The van der Waals surface area contributed by atoms with E-state index in [9.17, 15) is 0 Å². The first-order valence-corrected chi connectivity index (χ1v) is 3.80. The van der Waals surface area contributed by atoms with Gasteiger partial charge in [-0.1, -0.05) is 26.8 Å². The van der Waals surface area contributed by atoms with Crippen molar-refractivity contribution < 1.29 is 10.2 Å². The molecule has 68 valence electrons. The predicted molar refractivity (Wildman–Crippen MR) is 48.4 cm³/mol. The monoisotopic (exact) mass is 160 g/mol. The number of allylic oxidation sites excluding steroid dienone is 1. The van der Waals surface area contributed by atoms with Gasteiger partial charge in [0.2, 0.25) is 0 Å². The van der Waals surface area contributed by atoms with E-state index in [0.717, 1.165) is 6.42 Å². The molecule has 2 nitrogen and oxygen atoms in total. The average Bonchev–Trinajstić information content (AvgIpc) is 1.86. The lowest BCUT2D eigenvalue weighted by atomic mass is 9.93. The highest BCUT2D eigenvalue weighted by molar-refractivity contribution is 4.75. The second kappa shape index (κ2) is 7.76. The van der Waals surface area contributed by atoms with Crippen molar-refractivity contribution in [3.05, 3.63) is 12.7 Å². The lowest BCUT2D eigenvalue weighted by Gasteiger charge is -2.13. The van der Waals surface area contributed by atoms with Gasteiger partial charge in [-0.25, -0.2) is 0 Å². The van der Waals surface area contributed by atoms with Gasteiger partial charge in [-0.3, -0.25) is 0 Å². The van der Waals surface area contributed by atoms with Gasteiger partial charge < -0.3 is 10.2 Å². The minimum atomic E-state index is -0.125. The number of hydrogen-bond acceptors (Lipinski definition) is 2. The van der Waals surface area contributed by atoms with E-state index in [1.807, 2.05) is 6.08 Å². The van der Waals surface area contributed by atoms with E-state index < -0.39 is 0 Å². The number of hydrogen-bond donors (Lipinski definition) is 2. The maximum absolute atomic E-state index is 7.62. The van der Waals surface area contributed by atoms with E-state index in [-0.39, 0.29) is 13.2 Å². The summed E-state index contributed by atoms with van der Waals surface area (Å²) >= 11 is 0. The molecular formula is C9H20O2. The van der Waals surface area contributed by atoms with Gasteiger partial charge in [0.25, 0.3) is 0 Å². The number of aliphatic hydroxyl groups excluding tert-OH is 2. The first-order valence-electron chi connectivity index (χ1n) is 3.80. The molecule has 0 bridgehead atoms. The molecule has 0 aliphatic carbocycles. The fourth-order valence-electron chi connectivity index (χ4n) is 0.433. The minimum absolute atomic E-state index is 0.125. The molecule has 0 unspecified atom stereocenters. The largest absolute Gasteiger partial charge is 0.394 e. The van der Waals surface area contributed by atoms with Gasteiger partial charge in [-0.2, -0.15) is 0 Å². The first-order chi connectivity index (χ1) is 4.97. The summed E-state index contributed by atoms with van der Waals surface area (Å²) in [7, 11) is 0. The van der Waals surface area contributed by atoms with Crippen LogP contribution in [0.1, 0.15) is 27.2 Å². The van der Waals surface area contributed by atoms with Crippen molar-refractivity contribution in [1.82, 2.24) is 0 Å². The van der Waals surface area contributed by atoms with Crippen molar-refractivity contribution in [3.63, 3.8) is 0 Å². The van der Waals surface area contributed by atoms with E-state index in [2.05, 4.69) is 27.4 Å². The lowest BCUT2D eigenvalue weighted by molar-refractivity contribution is 0.186. The Morgan fingerprint density at radius 3 is 1.55 bits per heavy atom. The topological polar surface area (TPSA) is 40.5 Å². The Kier molecular flexibility index (Phi) is 9.36. The van der Waals surface area contributed by atoms with Crippen LogP contribution in [-0.2, 0) is 0 Å². The fourth-order valence-corrected chi connectivity index (χ4v) is 0.433. The Bertz CT molecular complexity index is 80.1.